The van der Waals surface area contributed by atoms with Gasteiger partial charge in [0, 0.05) is 23.0 Å². The first-order chi connectivity index (χ1) is 10.2. The molecule has 0 aliphatic rings. The Morgan fingerprint density at radius 1 is 1.10 bits per heavy atom. The van der Waals surface area contributed by atoms with E-state index in [1.165, 1.54) is 0 Å². The van der Waals surface area contributed by atoms with E-state index in [0.717, 1.165) is 33.4 Å². The minimum absolute atomic E-state index is 0.116. The minimum atomic E-state index is -0.116. The molecule has 0 saturated heterocycles. The lowest BCUT2D eigenvalue weighted by Gasteiger charge is -2.19. The molecule has 0 spiro atoms. The number of benzene rings is 1. The van der Waals surface area contributed by atoms with Crippen molar-refractivity contribution in [2.75, 3.05) is 0 Å². The monoisotopic (exact) mass is 278 g/mol. The van der Waals surface area contributed by atoms with Crippen molar-refractivity contribution in [2.45, 2.75) is 19.9 Å². The second-order valence-electron chi connectivity index (χ2n) is 5.19. The molecule has 0 radical (unpaired) electrons. The largest absolute Gasteiger partial charge is 0.271 e. The van der Waals surface area contributed by atoms with E-state index in [4.69, 9.17) is 5.84 Å². The molecule has 0 aliphatic heterocycles. The number of nitrogens with zero attached hydrogens (tertiary/aromatic N) is 2. The summed E-state index contributed by atoms with van der Waals surface area (Å²) in [5.41, 5.74) is 7.95. The van der Waals surface area contributed by atoms with E-state index in [0.29, 0.717) is 0 Å². The molecule has 21 heavy (non-hydrogen) atoms. The summed E-state index contributed by atoms with van der Waals surface area (Å²) in [6, 6.07) is 14.1. The van der Waals surface area contributed by atoms with Gasteiger partial charge >= 0.3 is 0 Å². The summed E-state index contributed by atoms with van der Waals surface area (Å²) in [6.45, 7) is 3.99. The van der Waals surface area contributed by atoms with Gasteiger partial charge in [0.05, 0.1) is 11.6 Å². The third-order valence-electron chi connectivity index (χ3n) is 3.69. The summed E-state index contributed by atoms with van der Waals surface area (Å²) >= 11 is 0. The van der Waals surface area contributed by atoms with Gasteiger partial charge in [-0.2, -0.15) is 0 Å². The van der Waals surface area contributed by atoms with E-state index in [2.05, 4.69) is 33.6 Å². The highest BCUT2D eigenvalue weighted by molar-refractivity contribution is 5.79. The Labute approximate surface area is 124 Å². The van der Waals surface area contributed by atoms with Crippen LogP contribution in [0.25, 0.3) is 10.9 Å². The molecule has 3 N–H and O–H groups in total. The average Bonchev–Trinajstić information content (AvgIpc) is 2.50. The van der Waals surface area contributed by atoms with Crippen molar-refractivity contribution in [3.05, 3.63) is 71.2 Å². The lowest BCUT2D eigenvalue weighted by Crippen LogP contribution is -2.29. The fourth-order valence-corrected chi connectivity index (χ4v) is 2.61. The molecule has 0 fully saturated rings. The molecule has 4 nitrogen and oxygen atoms in total. The summed E-state index contributed by atoms with van der Waals surface area (Å²) in [6.07, 6.45) is 1.87. The fraction of sp³-hybridized carbons (Fsp3) is 0.176. The van der Waals surface area contributed by atoms with Crippen molar-refractivity contribution in [1.29, 1.82) is 0 Å². The Balaban J connectivity index is 2.09. The predicted molar refractivity (Wildman–Crippen MR) is 84.6 cm³/mol. The van der Waals surface area contributed by atoms with E-state index in [1.54, 1.807) is 0 Å². The summed E-state index contributed by atoms with van der Waals surface area (Å²) in [5, 5.41) is 1.10. The Bertz CT molecular complexity index is 783. The van der Waals surface area contributed by atoms with Crippen molar-refractivity contribution >= 4 is 10.9 Å². The van der Waals surface area contributed by atoms with Gasteiger partial charge in [-0.1, -0.05) is 24.3 Å². The summed E-state index contributed by atoms with van der Waals surface area (Å²) in [5.74, 6) is 5.78. The highest BCUT2D eigenvalue weighted by atomic mass is 15.2. The molecule has 0 bridgehead atoms. The molecule has 3 aromatic rings. The van der Waals surface area contributed by atoms with E-state index in [-0.39, 0.29) is 6.04 Å². The maximum Gasteiger partial charge on any atom is 0.0742 e. The number of rotatable bonds is 3. The first-order valence-electron chi connectivity index (χ1n) is 6.94. The third kappa shape index (κ3) is 2.63. The topological polar surface area (TPSA) is 63.8 Å². The van der Waals surface area contributed by atoms with Crippen LogP contribution in [0.15, 0.2) is 48.7 Å². The number of aryl methyl sites for hydroxylation is 2. The zero-order chi connectivity index (χ0) is 14.8. The summed E-state index contributed by atoms with van der Waals surface area (Å²) in [4.78, 5) is 9.02. The normalized spacial score (nSPS) is 12.5. The smallest absolute Gasteiger partial charge is 0.0742 e. The van der Waals surface area contributed by atoms with Gasteiger partial charge in [-0.15, -0.1) is 0 Å². The molecule has 0 saturated carbocycles. The number of aromatic nitrogens is 2. The van der Waals surface area contributed by atoms with E-state index >= 15 is 0 Å². The average molecular weight is 278 g/mol. The molecule has 106 valence electrons. The van der Waals surface area contributed by atoms with Crippen LogP contribution in [0.3, 0.4) is 0 Å². The van der Waals surface area contributed by atoms with E-state index in [9.17, 15) is 0 Å². The number of fused-ring (bicyclic) bond motifs is 1. The number of nitrogens with one attached hydrogen (secondary N) is 1. The van der Waals surface area contributed by atoms with Gasteiger partial charge in [0.25, 0.3) is 0 Å². The van der Waals surface area contributed by atoms with Gasteiger partial charge < -0.3 is 0 Å². The molecule has 0 amide bonds. The minimum Gasteiger partial charge on any atom is -0.271 e. The molecular formula is C17H18N4. The maximum absolute atomic E-state index is 5.78. The molecule has 2 aromatic heterocycles. The molecule has 1 aromatic carbocycles. The summed E-state index contributed by atoms with van der Waals surface area (Å²) in [7, 11) is 0. The van der Waals surface area contributed by atoms with Crippen LogP contribution in [0.5, 0.6) is 0 Å². The van der Waals surface area contributed by atoms with Crippen LogP contribution < -0.4 is 11.3 Å². The number of hydrogen-bond donors (Lipinski definition) is 2. The number of pyridine rings is 2. The Morgan fingerprint density at radius 2 is 1.90 bits per heavy atom. The zero-order valence-corrected chi connectivity index (χ0v) is 12.2. The highest BCUT2D eigenvalue weighted by Crippen LogP contribution is 2.25. The van der Waals surface area contributed by atoms with Crippen LogP contribution in [0.4, 0.5) is 0 Å². The Kier molecular flexibility index (Phi) is 3.64. The predicted octanol–water partition coefficient (Wildman–Crippen LogP) is 2.80. The van der Waals surface area contributed by atoms with E-state index in [1.807, 2.05) is 44.3 Å². The molecule has 1 unspecified atom stereocenters. The molecule has 1 atom stereocenters. The number of hydrogen-bond acceptors (Lipinski definition) is 4. The van der Waals surface area contributed by atoms with Crippen LogP contribution in [0.2, 0.25) is 0 Å². The Hall–Kier alpha value is -2.30. The first kappa shape index (κ1) is 13.7. The molecule has 0 aliphatic carbocycles. The van der Waals surface area contributed by atoms with Crippen molar-refractivity contribution in [1.82, 2.24) is 15.4 Å². The standard InChI is InChI=1S/C17H18N4/c1-11-7-8-15(12(2)20-11)17(21-18)14-9-13-5-3-4-6-16(13)19-10-14/h3-10,17,21H,18H2,1-2H3. The van der Waals surface area contributed by atoms with E-state index < -0.39 is 0 Å². The zero-order valence-electron chi connectivity index (χ0n) is 12.2. The number of para-hydroxylation sites is 1. The van der Waals surface area contributed by atoms with Gasteiger partial charge in [0.2, 0.25) is 0 Å². The SMILES string of the molecule is Cc1ccc(C(NN)c2cnc3ccccc3c2)c(C)n1. The summed E-state index contributed by atoms with van der Waals surface area (Å²) < 4.78 is 0. The number of nitrogens with two attached hydrogens (primary N) is 1. The highest BCUT2D eigenvalue weighted by Gasteiger charge is 2.16. The van der Waals surface area contributed by atoms with Crippen molar-refractivity contribution < 1.29 is 0 Å². The van der Waals surface area contributed by atoms with Gasteiger partial charge in [0.1, 0.15) is 0 Å². The lowest BCUT2D eigenvalue weighted by atomic mass is 9.98. The molecule has 4 heteroatoms. The molecule has 3 rings (SSSR count). The first-order valence-corrected chi connectivity index (χ1v) is 6.94. The lowest BCUT2D eigenvalue weighted by molar-refractivity contribution is 0.629. The second kappa shape index (κ2) is 5.60. The van der Waals surface area contributed by atoms with Gasteiger partial charge in [0.15, 0.2) is 0 Å². The Morgan fingerprint density at radius 3 is 2.67 bits per heavy atom. The van der Waals surface area contributed by atoms with Gasteiger partial charge in [-0.25, -0.2) is 5.43 Å². The number of hydrazine groups is 1. The quantitative estimate of drug-likeness (QED) is 0.571. The fourth-order valence-electron chi connectivity index (χ4n) is 2.61. The van der Waals surface area contributed by atoms with Crippen LogP contribution in [0.1, 0.15) is 28.6 Å². The van der Waals surface area contributed by atoms with Crippen molar-refractivity contribution in [3.8, 4) is 0 Å². The third-order valence-corrected chi connectivity index (χ3v) is 3.69. The van der Waals surface area contributed by atoms with Crippen molar-refractivity contribution in [3.63, 3.8) is 0 Å². The molecular weight excluding hydrogens is 260 g/mol. The van der Waals surface area contributed by atoms with Gasteiger partial charge in [-0.05, 0) is 43.2 Å². The molecule has 2 heterocycles. The second-order valence-corrected chi connectivity index (χ2v) is 5.19. The van der Waals surface area contributed by atoms with Crippen LogP contribution in [-0.4, -0.2) is 9.97 Å². The van der Waals surface area contributed by atoms with Crippen LogP contribution in [-0.2, 0) is 0 Å². The van der Waals surface area contributed by atoms with Crippen LogP contribution in [0, 0.1) is 13.8 Å². The maximum atomic E-state index is 5.78. The van der Waals surface area contributed by atoms with Crippen LogP contribution >= 0.6 is 0 Å². The van der Waals surface area contributed by atoms with Crippen molar-refractivity contribution in [2.24, 2.45) is 5.84 Å². The van der Waals surface area contributed by atoms with Gasteiger partial charge in [-0.3, -0.25) is 15.8 Å².